The van der Waals surface area contributed by atoms with Gasteiger partial charge in [-0.1, -0.05) is 31.0 Å². The molecule has 0 spiro atoms. The largest absolute Gasteiger partial charge is 0.496 e. The normalized spacial score (nSPS) is 22.6. The molecular weight excluding hydrogens is 278 g/mol. The number of ether oxygens (including phenoxy) is 1. The van der Waals surface area contributed by atoms with Gasteiger partial charge in [-0.3, -0.25) is 14.9 Å². The van der Waals surface area contributed by atoms with Crippen LogP contribution in [0.25, 0.3) is 0 Å². The molecule has 0 radical (unpaired) electrons. The summed E-state index contributed by atoms with van der Waals surface area (Å²) >= 11 is 6.28. The average molecular weight is 296 g/mol. The molecule has 1 fully saturated rings. The van der Waals surface area contributed by atoms with Gasteiger partial charge >= 0.3 is 0 Å². The first kappa shape index (κ1) is 14.9. The number of amides is 2. The van der Waals surface area contributed by atoms with E-state index in [9.17, 15) is 9.59 Å². The highest BCUT2D eigenvalue weighted by molar-refractivity contribution is 6.31. The van der Waals surface area contributed by atoms with E-state index in [2.05, 4.69) is 5.32 Å². The van der Waals surface area contributed by atoms with Crippen LogP contribution in [0.15, 0.2) is 18.2 Å². The van der Waals surface area contributed by atoms with Gasteiger partial charge in [0.05, 0.1) is 7.11 Å². The van der Waals surface area contributed by atoms with Gasteiger partial charge in [0.15, 0.2) is 0 Å². The van der Waals surface area contributed by atoms with E-state index in [4.69, 9.17) is 16.3 Å². The highest BCUT2D eigenvalue weighted by Gasteiger charge is 2.38. The summed E-state index contributed by atoms with van der Waals surface area (Å²) in [6.45, 7) is 2.02. The molecule has 0 aliphatic carbocycles. The first-order chi connectivity index (χ1) is 9.58. The Morgan fingerprint density at radius 3 is 2.80 bits per heavy atom. The summed E-state index contributed by atoms with van der Waals surface area (Å²) in [6, 6.07) is 5.37. The molecule has 2 amide bonds. The van der Waals surface area contributed by atoms with Crippen LogP contribution in [0.1, 0.15) is 37.7 Å². The maximum absolute atomic E-state index is 12.1. The molecule has 1 N–H and O–H groups in total. The molecular formula is C15H18ClNO3. The third-order valence-electron chi connectivity index (χ3n) is 3.69. The van der Waals surface area contributed by atoms with Gasteiger partial charge in [0.1, 0.15) is 5.75 Å². The lowest BCUT2D eigenvalue weighted by Crippen LogP contribution is -2.44. The van der Waals surface area contributed by atoms with E-state index in [-0.39, 0.29) is 30.1 Å². The molecule has 0 aromatic heterocycles. The molecule has 2 rings (SSSR count). The maximum Gasteiger partial charge on any atom is 0.230 e. The Hall–Kier alpha value is -1.55. The summed E-state index contributed by atoms with van der Waals surface area (Å²) in [5.41, 5.74) is 0.762. The van der Waals surface area contributed by atoms with Crippen LogP contribution < -0.4 is 10.1 Å². The first-order valence-electron chi connectivity index (χ1n) is 6.74. The number of nitrogens with one attached hydrogen (secondary N) is 1. The van der Waals surface area contributed by atoms with Gasteiger partial charge in [-0.15, -0.1) is 0 Å². The highest BCUT2D eigenvalue weighted by atomic mass is 35.5. The van der Waals surface area contributed by atoms with E-state index in [1.165, 1.54) is 0 Å². The van der Waals surface area contributed by atoms with Gasteiger partial charge in [0.25, 0.3) is 0 Å². The van der Waals surface area contributed by atoms with Gasteiger partial charge in [-0.2, -0.15) is 0 Å². The lowest BCUT2D eigenvalue weighted by Gasteiger charge is -2.31. The van der Waals surface area contributed by atoms with E-state index in [0.717, 1.165) is 18.4 Å². The predicted molar refractivity (Wildman–Crippen MR) is 76.9 cm³/mol. The number of hydrogen-bond donors (Lipinski definition) is 1. The summed E-state index contributed by atoms with van der Waals surface area (Å²) in [7, 11) is 1.56. The fourth-order valence-electron chi connectivity index (χ4n) is 2.81. The molecule has 1 saturated heterocycles. The van der Waals surface area contributed by atoms with Crippen LogP contribution in [0, 0.1) is 5.92 Å². The van der Waals surface area contributed by atoms with Gasteiger partial charge in [-0.25, -0.2) is 0 Å². The van der Waals surface area contributed by atoms with E-state index >= 15 is 0 Å². The number of piperidine rings is 1. The van der Waals surface area contributed by atoms with Crippen LogP contribution in [0.3, 0.4) is 0 Å². The Labute approximate surface area is 123 Å². The van der Waals surface area contributed by atoms with Crippen LogP contribution in [-0.4, -0.2) is 18.9 Å². The molecule has 20 heavy (non-hydrogen) atoms. The lowest BCUT2D eigenvalue weighted by molar-refractivity contribution is -0.137. The zero-order chi connectivity index (χ0) is 14.7. The Bertz CT molecular complexity index is 530. The number of carbonyl (C=O) groups is 2. The van der Waals surface area contributed by atoms with Crippen molar-refractivity contribution in [1.82, 2.24) is 5.32 Å². The molecule has 1 aromatic carbocycles. The zero-order valence-corrected chi connectivity index (χ0v) is 12.4. The monoisotopic (exact) mass is 295 g/mol. The maximum atomic E-state index is 12.1. The summed E-state index contributed by atoms with van der Waals surface area (Å²) in [6.07, 6.45) is 1.85. The zero-order valence-electron chi connectivity index (χ0n) is 11.6. The third kappa shape index (κ3) is 2.80. The quantitative estimate of drug-likeness (QED) is 0.869. The van der Waals surface area contributed by atoms with Crippen molar-refractivity contribution in [2.75, 3.05) is 7.11 Å². The Morgan fingerprint density at radius 2 is 2.15 bits per heavy atom. The second kappa shape index (κ2) is 6.27. The molecule has 0 saturated carbocycles. The Kier molecular flexibility index (Phi) is 4.65. The molecule has 1 aliphatic heterocycles. The van der Waals surface area contributed by atoms with Crippen LogP contribution in [0.2, 0.25) is 5.02 Å². The fourth-order valence-corrected chi connectivity index (χ4v) is 3.11. The van der Waals surface area contributed by atoms with Gasteiger partial charge in [0.2, 0.25) is 11.8 Å². The van der Waals surface area contributed by atoms with Crippen LogP contribution in [0.4, 0.5) is 0 Å². The Balaban J connectivity index is 2.46. The van der Waals surface area contributed by atoms with Crippen molar-refractivity contribution in [2.24, 2.45) is 5.92 Å². The van der Waals surface area contributed by atoms with E-state index in [1.807, 2.05) is 6.92 Å². The number of halogens is 1. The van der Waals surface area contributed by atoms with Crippen LogP contribution >= 0.6 is 11.6 Å². The minimum Gasteiger partial charge on any atom is -0.496 e. The molecule has 2 atom stereocenters. The fraction of sp³-hybridized carbons (Fsp3) is 0.467. The molecule has 1 aliphatic rings. The third-order valence-corrected chi connectivity index (χ3v) is 4.02. The summed E-state index contributed by atoms with van der Waals surface area (Å²) in [5.74, 6) is -0.304. The number of rotatable bonds is 4. The molecule has 1 aromatic rings. The van der Waals surface area contributed by atoms with Gasteiger partial charge in [-0.05, 0) is 18.6 Å². The minimum atomic E-state index is -0.255. The number of benzene rings is 1. The number of imide groups is 1. The summed E-state index contributed by atoms with van der Waals surface area (Å²) < 4.78 is 5.35. The van der Waals surface area contributed by atoms with Crippen molar-refractivity contribution in [3.05, 3.63) is 28.8 Å². The molecule has 2 unspecified atom stereocenters. The second-order valence-electron chi connectivity index (χ2n) is 4.97. The summed E-state index contributed by atoms with van der Waals surface area (Å²) in [5, 5.41) is 2.95. The topological polar surface area (TPSA) is 55.4 Å². The van der Waals surface area contributed by atoms with E-state index in [0.29, 0.717) is 10.8 Å². The van der Waals surface area contributed by atoms with Crippen molar-refractivity contribution in [1.29, 1.82) is 0 Å². The number of carbonyl (C=O) groups excluding carboxylic acids is 2. The van der Waals surface area contributed by atoms with Crippen molar-refractivity contribution >= 4 is 23.4 Å². The lowest BCUT2D eigenvalue weighted by atomic mass is 9.77. The number of hydrogen-bond acceptors (Lipinski definition) is 3. The standard InChI is InChI=1S/C15H18ClNO3/c1-3-5-9-10(8-13(18)17-15(9)19)14-11(16)6-4-7-12(14)20-2/h4,6-7,9-10H,3,5,8H2,1-2H3,(H,17,18,19). The van der Waals surface area contributed by atoms with Crippen molar-refractivity contribution in [2.45, 2.75) is 32.1 Å². The van der Waals surface area contributed by atoms with Crippen molar-refractivity contribution in [3.63, 3.8) is 0 Å². The number of methoxy groups -OCH3 is 1. The molecule has 0 bridgehead atoms. The average Bonchev–Trinajstić information content (AvgIpc) is 2.41. The molecule has 5 heteroatoms. The van der Waals surface area contributed by atoms with Gasteiger partial charge < -0.3 is 4.74 Å². The second-order valence-corrected chi connectivity index (χ2v) is 5.38. The van der Waals surface area contributed by atoms with E-state index < -0.39 is 0 Å². The Morgan fingerprint density at radius 1 is 1.40 bits per heavy atom. The highest BCUT2D eigenvalue weighted by Crippen LogP contribution is 2.42. The van der Waals surface area contributed by atoms with Gasteiger partial charge in [0, 0.05) is 28.8 Å². The SMILES string of the molecule is CCCC1C(=O)NC(=O)CC1c1c(Cl)cccc1OC. The molecule has 4 nitrogen and oxygen atoms in total. The molecule has 108 valence electrons. The van der Waals surface area contributed by atoms with Crippen molar-refractivity contribution in [3.8, 4) is 5.75 Å². The predicted octanol–water partition coefficient (Wildman–Crippen LogP) is 2.90. The minimum absolute atomic E-state index is 0.213. The first-order valence-corrected chi connectivity index (χ1v) is 7.12. The summed E-state index contributed by atoms with van der Waals surface area (Å²) in [4.78, 5) is 23.8. The molecule has 1 heterocycles. The van der Waals surface area contributed by atoms with Crippen LogP contribution in [-0.2, 0) is 9.59 Å². The van der Waals surface area contributed by atoms with Crippen LogP contribution in [0.5, 0.6) is 5.75 Å². The smallest absolute Gasteiger partial charge is 0.230 e. The van der Waals surface area contributed by atoms with E-state index in [1.54, 1.807) is 25.3 Å². The van der Waals surface area contributed by atoms with Crippen molar-refractivity contribution < 1.29 is 14.3 Å².